The van der Waals surface area contributed by atoms with Gasteiger partial charge in [-0.15, -0.1) is 0 Å². The Labute approximate surface area is 177 Å². The molecule has 1 aromatic heterocycles. The van der Waals surface area contributed by atoms with Crippen LogP contribution in [0.25, 0.3) is 11.1 Å². The molecule has 0 aliphatic carbocycles. The monoisotopic (exact) mass is 428 g/mol. The third kappa shape index (κ3) is 4.88. The average molecular weight is 429 g/mol. The van der Waals surface area contributed by atoms with Crippen molar-refractivity contribution < 1.29 is 18.0 Å². The van der Waals surface area contributed by atoms with Crippen LogP contribution < -0.4 is 9.64 Å². The number of ether oxygens (including phenoxy) is 1. The van der Waals surface area contributed by atoms with Gasteiger partial charge in [0.15, 0.2) is 10.7 Å². The van der Waals surface area contributed by atoms with Gasteiger partial charge in [0.1, 0.15) is 12.0 Å². The van der Waals surface area contributed by atoms with Gasteiger partial charge in [0.05, 0.1) is 6.61 Å². The van der Waals surface area contributed by atoms with E-state index >= 15 is 0 Å². The van der Waals surface area contributed by atoms with Crippen molar-refractivity contribution in [3.63, 3.8) is 0 Å². The summed E-state index contributed by atoms with van der Waals surface area (Å²) in [6.07, 6.45) is 3.37. The Morgan fingerprint density at radius 2 is 1.70 bits per heavy atom. The average Bonchev–Trinajstić information content (AvgIpc) is 3.19. The largest absolute Gasteiger partial charge is 0.493 e. The van der Waals surface area contributed by atoms with E-state index in [1.54, 1.807) is 12.1 Å². The molecule has 158 valence electrons. The molecular weight excluding hydrogens is 402 g/mol. The van der Waals surface area contributed by atoms with Crippen LogP contribution >= 0.6 is 0 Å². The van der Waals surface area contributed by atoms with E-state index in [-0.39, 0.29) is 0 Å². The third-order valence-corrected chi connectivity index (χ3v) is 6.51. The van der Waals surface area contributed by atoms with E-state index in [4.69, 9.17) is 9.26 Å². The van der Waals surface area contributed by atoms with Crippen LogP contribution in [-0.4, -0.2) is 40.6 Å². The van der Waals surface area contributed by atoms with Crippen LogP contribution in [0.1, 0.15) is 18.7 Å². The van der Waals surface area contributed by atoms with Gasteiger partial charge in [-0.05, 0) is 73.2 Å². The fraction of sp³-hybridized carbons (Fsp3) is 0.364. The zero-order valence-corrected chi connectivity index (χ0v) is 18.0. The van der Waals surface area contributed by atoms with Gasteiger partial charge < -0.3 is 14.2 Å². The number of nitrogens with zero attached hydrogens (tertiary/aromatic N) is 3. The molecule has 1 aliphatic heterocycles. The highest BCUT2D eigenvalue weighted by molar-refractivity contribution is 7.97. The molecule has 1 atom stereocenters. The molecule has 4 rings (SSSR count). The number of piperidine rings is 1. The second-order valence-electron chi connectivity index (χ2n) is 7.72. The molecule has 2 heterocycles. The molecule has 0 amide bonds. The Balaban J connectivity index is 1.29. The molecule has 1 unspecified atom stereocenters. The van der Waals surface area contributed by atoms with Gasteiger partial charge in [-0.3, -0.25) is 0 Å². The summed E-state index contributed by atoms with van der Waals surface area (Å²) in [6, 6.07) is 15.7. The minimum absolute atomic E-state index is 0.437. The van der Waals surface area contributed by atoms with E-state index in [1.807, 2.05) is 43.3 Å². The topological polar surface area (TPSA) is 88.7 Å². The molecule has 1 aliphatic rings. The summed E-state index contributed by atoms with van der Waals surface area (Å²) in [5.41, 5.74) is 2.04. The van der Waals surface area contributed by atoms with Crippen molar-refractivity contribution in [1.29, 1.82) is 0 Å². The summed E-state index contributed by atoms with van der Waals surface area (Å²) in [6.45, 7) is 4.29. The molecule has 0 spiro atoms. The fourth-order valence-corrected chi connectivity index (χ4v) is 4.20. The van der Waals surface area contributed by atoms with Gasteiger partial charge in [0, 0.05) is 13.1 Å². The van der Waals surface area contributed by atoms with Gasteiger partial charge in [0.2, 0.25) is 10.2 Å². The van der Waals surface area contributed by atoms with E-state index in [9.17, 15) is 8.76 Å². The van der Waals surface area contributed by atoms with Crippen LogP contribution in [0.3, 0.4) is 0 Å². The van der Waals surface area contributed by atoms with Gasteiger partial charge in [-0.1, -0.05) is 21.5 Å². The molecular formula is C22H26N3O4S+. The Morgan fingerprint density at radius 3 is 2.23 bits per heavy atom. The van der Waals surface area contributed by atoms with Crippen molar-refractivity contribution in [1.82, 2.24) is 10.1 Å². The van der Waals surface area contributed by atoms with Gasteiger partial charge >= 0.3 is 6.01 Å². The minimum Gasteiger partial charge on any atom is -0.493 e. The van der Waals surface area contributed by atoms with E-state index in [1.165, 1.54) is 6.26 Å². The van der Waals surface area contributed by atoms with Crippen molar-refractivity contribution >= 4 is 16.2 Å². The summed E-state index contributed by atoms with van der Waals surface area (Å²) in [5, 5.41) is 3.85. The SMILES string of the molecule is Cc1noc(N2CCC(COc3ccc(-c4ccc([S+](C)(=O)O)cc4)cc3)CC2)n1. The van der Waals surface area contributed by atoms with Crippen molar-refractivity contribution in [2.24, 2.45) is 5.92 Å². The van der Waals surface area contributed by atoms with Crippen LogP contribution in [0.4, 0.5) is 6.01 Å². The maximum atomic E-state index is 11.7. The number of hydrogen-bond acceptors (Lipinski definition) is 6. The predicted molar refractivity (Wildman–Crippen MR) is 116 cm³/mol. The Bertz CT molecular complexity index is 1020. The molecule has 8 heteroatoms. The zero-order valence-electron chi connectivity index (χ0n) is 17.2. The first-order valence-electron chi connectivity index (χ1n) is 9.99. The number of aromatic nitrogens is 2. The highest BCUT2D eigenvalue weighted by atomic mass is 32.3. The second kappa shape index (κ2) is 8.57. The zero-order chi connectivity index (χ0) is 21.1. The molecule has 1 saturated heterocycles. The number of anilines is 1. The second-order valence-corrected chi connectivity index (χ2v) is 9.79. The van der Waals surface area contributed by atoms with Crippen LogP contribution in [0.2, 0.25) is 0 Å². The first-order valence-corrected chi connectivity index (χ1v) is 11.9. The fourth-order valence-electron chi connectivity index (χ4n) is 3.56. The maximum absolute atomic E-state index is 11.7. The lowest BCUT2D eigenvalue weighted by molar-refractivity contribution is 0.220. The Hall–Kier alpha value is -2.71. The lowest BCUT2D eigenvalue weighted by atomic mass is 9.98. The maximum Gasteiger partial charge on any atom is 0.324 e. The Morgan fingerprint density at radius 1 is 1.10 bits per heavy atom. The lowest BCUT2D eigenvalue weighted by Crippen LogP contribution is -2.35. The van der Waals surface area contributed by atoms with Gasteiger partial charge in [0.25, 0.3) is 0 Å². The molecule has 7 nitrogen and oxygen atoms in total. The molecule has 1 N–H and O–H groups in total. The van der Waals surface area contributed by atoms with E-state index in [0.29, 0.717) is 29.3 Å². The summed E-state index contributed by atoms with van der Waals surface area (Å²) in [5.74, 6) is 2.00. The summed E-state index contributed by atoms with van der Waals surface area (Å²) >= 11 is 0. The van der Waals surface area contributed by atoms with Crippen molar-refractivity contribution in [2.45, 2.75) is 24.7 Å². The molecule has 0 radical (unpaired) electrons. The molecule has 30 heavy (non-hydrogen) atoms. The molecule has 1 fully saturated rings. The van der Waals surface area contributed by atoms with E-state index in [0.717, 1.165) is 42.8 Å². The highest BCUT2D eigenvalue weighted by Gasteiger charge is 2.23. The number of benzene rings is 2. The van der Waals surface area contributed by atoms with Crippen molar-refractivity contribution in [3.8, 4) is 16.9 Å². The number of hydrogen-bond donors (Lipinski definition) is 1. The lowest BCUT2D eigenvalue weighted by Gasteiger charge is -2.30. The molecule has 0 bridgehead atoms. The van der Waals surface area contributed by atoms with Crippen LogP contribution in [-0.2, 0) is 14.4 Å². The quantitative estimate of drug-likeness (QED) is 0.586. The number of aryl methyl sites for hydroxylation is 1. The predicted octanol–water partition coefficient (Wildman–Crippen LogP) is 4.30. The van der Waals surface area contributed by atoms with Crippen molar-refractivity contribution in [2.75, 3.05) is 30.9 Å². The minimum atomic E-state index is -2.93. The van der Waals surface area contributed by atoms with E-state index < -0.39 is 10.2 Å². The normalized spacial score (nSPS) is 17.0. The standard InChI is InChI=1S/C22H25N3O4S/c1-16-23-22(29-24-16)25-13-11-17(12-14-25)15-28-20-7-3-18(4-8-20)19-5-9-21(10-6-19)30(2,26)27/h3-10,17H,11-15H2,1-2H3/p+1. The third-order valence-electron chi connectivity index (χ3n) is 5.37. The first kappa shape index (κ1) is 20.6. The van der Waals surface area contributed by atoms with Gasteiger partial charge in [-0.25, -0.2) is 0 Å². The highest BCUT2D eigenvalue weighted by Crippen LogP contribution is 2.26. The summed E-state index contributed by atoms with van der Waals surface area (Å²) in [4.78, 5) is 6.86. The summed E-state index contributed by atoms with van der Waals surface area (Å²) < 4.78 is 32.6. The van der Waals surface area contributed by atoms with Crippen LogP contribution in [0, 0.1) is 12.8 Å². The summed E-state index contributed by atoms with van der Waals surface area (Å²) in [7, 11) is -2.93. The van der Waals surface area contributed by atoms with Crippen LogP contribution in [0.5, 0.6) is 5.75 Å². The van der Waals surface area contributed by atoms with Crippen molar-refractivity contribution in [3.05, 3.63) is 54.4 Å². The van der Waals surface area contributed by atoms with Crippen LogP contribution in [0.15, 0.2) is 57.9 Å². The van der Waals surface area contributed by atoms with Gasteiger partial charge in [-0.2, -0.15) is 9.54 Å². The molecule has 0 saturated carbocycles. The molecule has 2 aromatic carbocycles. The first-order chi connectivity index (χ1) is 14.4. The number of rotatable bonds is 6. The Kier molecular flexibility index (Phi) is 5.87. The smallest absolute Gasteiger partial charge is 0.324 e. The molecule has 3 aromatic rings. The van der Waals surface area contributed by atoms with E-state index in [2.05, 4.69) is 15.0 Å².